The van der Waals surface area contributed by atoms with Gasteiger partial charge in [-0.2, -0.15) is 0 Å². The quantitative estimate of drug-likeness (QED) is 0.748. The van der Waals surface area contributed by atoms with E-state index in [4.69, 9.17) is 16.3 Å². The largest absolute Gasteiger partial charge is 0.375 e. The van der Waals surface area contributed by atoms with Gasteiger partial charge < -0.3 is 15.4 Å². The summed E-state index contributed by atoms with van der Waals surface area (Å²) in [5.74, 6) is 2.53. The lowest BCUT2D eigenvalue weighted by molar-refractivity contribution is -0.0136. The summed E-state index contributed by atoms with van der Waals surface area (Å²) >= 11 is 5.86. The van der Waals surface area contributed by atoms with E-state index in [0.717, 1.165) is 28.3 Å². The smallest absolute Gasteiger partial charge is 0.315 e. The topological polar surface area (TPSA) is 50.4 Å². The molecule has 0 aromatic heterocycles. The molecule has 0 spiro atoms. The number of carbonyl (C=O) groups excluding carboxylic acids is 1. The summed E-state index contributed by atoms with van der Waals surface area (Å²) in [4.78, 5) is 12.3. The molecule has 4 bridgehead atoms. The third kappa shape index (κ3) is 4.12. The normalized spacial score (nSPS) is 32.6. The highest BCUT2D eigenvalue weighted by molar-refractivity contribution is 6.30. The molecule has 4 aliphatic rings. The Kier molecular flexibility index (Phi) is 4.92. The van der Waals surface area contributed by atoms with E-state index in [1.54, 1.807) is 0 Å². The Hall–Kier alpha value is -1.26. The SMILES string of the molecule is O=C(NCCOCc1ccc(Cl)cc1)NC12CC3CC(CC(C3)C1)C2. The summed E-state index contributed by atoms with van der Waals surface area (Å²) in [6.07, 6.45) is 7.71. The van der Waals surface area contributed by atoms with E-state index in [-0.39, 0.29) is 11.6 Å². The van der Waals surface area contributed by atoms with Crippen molar-refractivity contribution in [3.05, 3.63) is 34.9 Å². The van der Waals surface area contributed by atoms with Crippen molar-refractivity contribution in [1.29, 1.82) is 0 Å². The molecule has 4 nitrogen and oxygen atoms in total. The molecule has 4 saturated carbocycles. The van der Waals surface area contributed by atoms with Gasteiger partial charge in [-0.3, -0.25) is 0 Å². The Labute approximate surface area is 154 Å². The molecule has 5 rings (SSSR count). The Balaban J connectivity index is 1.17. The van der Waals surface area contributed by atoms with Gasteiger partial charge in [-0.15, -0.1) is 0 Å². The first kappa shape index (κ1) is 17.2. The van der Waals surface area contributed by atoms with E-state index in [0.29, 0.717) is 19.8 Å². The summed E-state index contributed by atoms with van der Waals surface area (Å²) in [7, 11) is 0. The summed E-state index contributed by atoms with van der Waals surface area (Å²) < 4.78 is 5.62. The van der Waals surface area contributed by atoms with E-state index >= 15 is 0 Å². The molecule has 2 amide bonds. The predicted octanol–water partition coefficient (Wildman–Crippen LogP) is 4.12. The first-order chi connectivity index (χ1) is 12.1. The van der Waals surface area contributed by atoms with Crippen molar-refractivity contribution in [3.63, 3.8) is 0 Å². The predicted molar refractivity (Wildman–Crippen MR) is 98.5 cm³/mol. The molecule has 0 atom stereocenters. The van der Waals surface area contributed by atoms with Crippen molar-refractivity contribution in [1.82, 2.24) is 10.6 Å². The summed E-state index contributed by atoms with van der Waals surface area (Å²) in [6, 6.07) is 7.59. The highest BCUT2D eigenvalue weighted by Crippen LogP contribution is 2.55. The van der Waals surface area contributed by atoms with E-state index < -0.39 is 0 Å². The maximum atomic E-state index is 12.3. The Bertz CT molecular complexity index is 581. The van der Waals surface area contributed by atoms with Crippen LogP contribution < -0.4 is 10.6 Å². The number of halogens is 1. The first-order valence-electron chi connectivity index (χ1n) is 9.48. The van der Waals surface area contributed by atoms with Crippen LogP contribution in [0.5, 0.6) is 0 Å². The van der Waals surface area contributed by atoms with E-state index in [1.165, 1.54) is 38.5 Å². The van der Waals surface area contributed by atoms with E-state index in [2.05, 4.69) is 10.6 Å². The molecule has 2 N–H and O–H groups in total. The first-order valence-corrected chi connectivity index (χ1v) is 9.86. The lowest BCUT2D eigenvalue weighted by Gasteiger charge is -2.56. The highest BCUT2D eigenvalue weighted by atomic mass is 35.5. The van der Waals surface area contributed by atoms with Crippen LogP contribution in [0.1, 0.15) is 44.1 Å². The average molecular weight is 363 g/mol. The van der Waals surface area contributed by atoms with Crippen molar-refractivity contribution >= 4 is 17.6 Å². The van der Waals surface area contributed by atoms with Gasteiger partial charge in [0.2, 0.25) is 0 Å². The van der Waals surface area contributed by atoms with Crippen LogP contribution in [0.3, 0.4) is 0 Å². The molecule has 136 valence electrons. The Morgan fingerprint density at radius 2 is 1.68 bits per heavy atom. The number of hydrogen-bond acceptors (Lipinski definition) is 2. The molecule has 1 aromatic carbocycles. The minimum atomic E-state index is -0.0305. The molecule has 4 aliphatic carbocycles. The maximum absolute atomic E-state index is 12.3. The second kappa shape index (κ2) is 7.16. The third-order valence-corrected chi connectivity index (χ3v) is 6.38. The molecular weight excluding hydrogens is 336 g/mol. The summed E-state index contributed by atoms with van der Waals surface area (Å²) in [6.45, 7) is 1.58. The van der Waals surface area contributed by atoms with Gasteiger partial charge >= 0.3 is 6.03 Å². The number of ether oxygens (including phenoxy) is 1. The van der Waals surface area contributed by atoms with Gasteiger partial charge in [0.1, 0.15) is 0 Å². The molecule has 0 radical (unpaired) electrons. The fourth-order valence-corrected chi connectivity index (χ4v) is 5.68. The van der Waals surface area contributed by atoms with Gasteiger partial charge in [0.25, 0.3) is 0 Å². The number of benzene rings is 1. The third-order valence-electron chi connectivity index (χ3n) is 6.13. The zero-order valence-electron chi connectivity index (χ0n) is 14.6. The molecule has 1 aromatic rings. The lowest BCUT2D eigenvalue weighted by atomic mass is 9.53. The van der Waals surface area contributed by atoms with E-state index in [1.807, 2.05) is 24.3 Å². The van der Waals surface area contributed by atoms with Gasteiger partial charge in [-0.05, 0) is 74.0 Å². The second-order valence-electron chi connectivity index (χ2n) is 8.26. The highest BCUT2D eigenvalue weighted by Gasteiger charge is 2.51. The fourth-order valence-electron chi connectivity index (χ4n) is 5.56. The van der Waals surface area contributed by atoms with Gasteiger partial charge in [0.15, 0.2) is 0 Å². The summed E-state index contributed by atoms with van der Waals surface area (Å²) in [5.41, 5.74) is 1.16. The number of hydrogen-bond donors (Lipinski definition) is 2. The van der Waals surface area contributed by atoms with Gasteiger partial charge in [-0.25, -0.2) is 4.79 Å². The van der Waals surface area contributed by atoms with Gasteiger partial charge in [0, 0.05) is 17.1 Å². The van der Waals surface area contributed by atoms with Crippen LogP contribution in [0.15, 0.2) is 24.3 Å². The molecule has 0 unspecified atom stereocenters. The van der Waals surface area contributed by atoms with Crippen LogP contribution in [0.4, 0.5) is 4.79 Å². The monoisotopic (exact) mass is 362 g/mol. The fraction of sp³-hybridized carbons (Fsp3) is 0.650. The van der Waals surface area contributed by atoms with Crippen LogP contribution in [-0.2, 0) is 11.3 Å². The van der Waals surface area contributed by atoms with Crippen molar-refractivity contribution in [2.75, 3.05) is 13.2 Å². The zero-order valence-corrected chi connectivity index (χ0v) is 15.4. The number of urea groups is 1. The van der Waals surface area contributed by atoms with Crippen molar-refractivity contribution < 1.29 is 9.53 Å². The minimum Gasteiger partial charge on any atom is -0.375 e. The van der Waals surface area contributed by atoms with Crippen molar-refractivity contribution in [2.45, 2.75) is 50.7 Å². The maximum Gasteiger partial charge on any atom is 0.315 e. The van der Waals surface area contributed by atoms with Crippen molar-refractivity contribution in [3.8, 4) is 0 Å². The van der Waals surface area contributed by atoms with Crippen LogP contribution in [0.25, 0.3) is 0 Å². The minimum absolute atomic E-state index is 0.0305. The van der Waals surface area contributed by atoms with Gasteiger partial charge in [-0.1, -0.05) is 23.7 Å². The molecular formula is C20H27ClN2O2. The van der Waals surface area contributed by atoms with Crippen LogP contribution in [0, 0.1) is 17.8 Å². The van der Waals surface area contributed by atoms with Crippen molar-refractivity contribution in [2.24, 2.45) is 17.8 Å². The van der Waals surface area contributed by atoms with Crippen LogP contribution >= 0.6 is 11.6 Å². The zero-order chi connectivity index (χ0) is 17.3. The Morgan fingerprint density at radius 1 is 1.08 bits per heavy atom. The lowest BCUT2D eigenvalue weighted by Crippen LogP contribution is -2.61. The second-order valence-corrected chi connectivity index (χ2v) is 8.69. The standard InChI is InChI=1S/C20H27ClN2O2/c21-18-3-1-14(2-4-18)13-25-6-5-22-19(24)23-20-10-15-7-16(11-20)9-17(8-15)12-20/h1-4,15-17H,5-13H2,(H2,22,23,24). The molecule has 0 heterocycles. The number of nitrogens with one attached hydrogen (secondary N) is 2. The van der Waals surface area contributed by atoms with E-state index in [9.17, 15) is 4.79 Å². The number of carbonyl (C=O) groups is 1. The van der Waals surface area contributed by atoms with Crippen LogP contribution in [0.2, 0.25) is 5.02 Å². The molecule has 0 aliphatic heterocycles. The average Bonchev–Trinajstić information content (AvgIpc) is 2.54. The molecule has 4 fully saturated rings. The number of rotatable bonds is 6. The Morgan fingerprint density at radius 3 is 2.28 bits per heavy atom. The molecule has 25 heavy (non-hydrogen) atoms. The van der Waals surface area contributed by atoms with Crippen LogP contribution in [-0.4, -0.2) is 24.7 Å². The molecule has 0 saturated heterocycles. The molecule has 5 heteroatoms. The number of amides is 2. The summed E-state index contributed by atoms with van der Waals surface area (Å²) in [5, 5.41) is 7.00. The van der Waals surface area contributed by atoms with Gasteiger partial charge in [0.05, 0.1) is 13.2 Å².